The number of carbonyl (C=O) groups excluding carboxylic acids is 3. The Morgan fingerprint density at radius 2 is 1.74 bits per heavy atom. The van der Waals surface area contributed by atoms with Crippen LogP contribution in [0, 0.1) is 27.2 Å². The summed E-state index contributed by atoms with van der Waals surface area (Å²) in [7, 11) is 3.12. The minimum absolute atomic E-state index is 0.0145. The molecule has 0 saturated heterocycles. The third kappa shape index (κ3) is 4.04. The molecule has 1 fully saturated rings. The fourth-order valence-corrected chi connectivity index (χ4v) is 6.39. The second kappa shape index (κ2) is 9.51. The zero-order valence-corrected chi connectivity index (χ0v) is 23.2. The number of hydrogen-bond donors (Lipinski definition) is 5. The summed E-state index contributed by atoms with van der Waals surface area (Å²) in [6.07, 6.45) is 0.199. The number of ketones is 2. The van der Waals surface area contributed by atoms with Gasteiger partial charge in [-0.3, -0.25) is 19.3 Å². The fourth-order valence-electron chi connectivity index (χ4n) is 6.03. The molecule has 1 saturated carbocycles. The third-order valence-electron chi connectivity index (χ3n) is 7.79. The molecule has 2 aromatic rings. The predicted octanol–water partition coefficient (Wildman–Crippen LogP) is 1.97. The summed E-state index contributed by atoms with van der Waals surface area (Å²) in [4.78, 5) is 40.6. The van der Waals surface area contributed by atoms with Gasteiger partial charge in [0.15, 0.2) is 11.4 Å². The van der Waals surface area contributed by atoms with Crippen LogP contribution >= 0.6 is 22.6 Å². The van der Waals surface area contributed by atoms with Crippen molar-refractivity contribution in [3.8, 4) is 17.6 Å². The summed E-state index contributed by atoms with van der Waals surface area (Å²) >= 11 is 2.20. The van der Waals surface area contributed by atoms with Crippen molar-refractivity contribution in [3.05, 3.63) is 79.1 Å². The molecule has 0 spiro atoms. The first kappa shape index (κ1) is 26.9. The lowest BCUT2D eigenvalue weighted by atomic mass is 9.57. The molecule has 0 heterocycles. The number of benzene rings is 2. The fraction of sp³-hybridized carbons (Fsp3) is 0.276. The Bertz CT molecular complexity index is 1580. The van der Waals surface area contributed by atoms with E-state index < -0.39 is 58.0 Å². The number of primary amides is 1. The van der Waals surface area contributed by atoms with Crippen LogP contribution in [-0.4, -0.2) is 68.5 Å². The Hall–Kier alpha value is -3.66. The smallest absolute Gasteiger partial charge is 0.255 e. The summed E-state index contributed by atoms with van der Waals surface area (Å²) in [6, 6.07) is 9.46. The van der Waals surface area contributed by atoms with Crippen LogP contribution in [0.2, 0.25) is 0 Å². The highest BCUT2D eigenvalue weighted by molar-refractivity contribution is 14.1. The molecule has 0 bridgehead atoms. The topological polar surface area (TPSA) is 161 Å². The molecule has 39 heavy (non-hydrogen) atoms. The van der Waals surface area contributed by atoms with Crippen molar-refractivity contribution in [2.45, 2.75) is 24.5 Å². The zero-order valence-electron chi connectivity index (χ0n) is 21.0. The first-order chi connectivity index (χ1) is 18.4. The maximum absolute atomic E-state index is 13.9. The van der Waals surface area contributed by atoms with E-state index in [0.29, 0.717) is 11.1 Å². The highest BCUT2D eigenvalue weighted by atomic mass is 127. The third-order valence-corrected chi connectivity index (χ3v) is 8.51. The van der Waals surface area contributed by atoms with Gasteiger partial charge in [-0.1, -0.05) is 11.8 Å². The summed E-state index contributed by atoms with van der Waals surface area (Å²) in [5, 5.41) is 44.5. The van der Waals surface area contributed by atoms with E-state index in [-0.39, 0.29) is 29.7 Å². The van der Waals surface area contributed by atoms with Crippen molar-refractivity contribution in [2.75, 3.05) is 14.1 Å². The van der Waals surface area contributed by atoms with Crippen molar-refractivity contribution < 1.29 is 34.8 Å². The van der Waals surface area contributed by atoms with Crippen LogP contribution in [0.4, 0.5) is 0 Å². The first-order valence-electron chi connectivity index (χ1n) is 12.1. The molecule has 9 nitrogen and oxygen atoms in total. The number of phenolic OH excluding ortho intramolecular Hbond substituents is 1. The van der Waals surface area contributed by atoms with Crippen molar-refractivity contribution >= 4 is 45.8 Å². The van der Waals surface area contributed by atoms with Gasteiger partial charge in [-0.2, -0.15) is 0 Å². The number of nitrogens with two attached hydrogens (primary N) is 1. The Morgan fingerprint density at radius 3 is 2.36 bits per heavy atom. The molecule has 200 valence electrons. The molecule has 0 unspecified atom stereocenters. The number of amides is 1. The summed E-state index contributed by atoms with van der Waals surface area (Å²) in [5.74, 6) is -0.651. The number of hydrogen-bond acceptors (Lipinski definition) is 8. The van der Waals surface area contributed by atoms with Crippen molar-refractivity contribution in [3.63, 3.8) is 0 Å². The number of likely N-dealkylation sites (N-methyl/N-ethyl adjacent to an activating group) is 1. The van der Waals surface area contributed by atoms with E-state index in [1.807, 2.05) is 24.3 Å². The van der Waals surface area contributed by atoms with Crippen LogP contribution in [0.5, 0.6) is 5.75 Å². The van der Waals surface area contributed by atoms with Crippen molar-refractivity contribution in [1.82, 2.24) is 4.90 Å². The quantitative estimate of drug-likeness (QED) is 0.189. The van der Waals surface area contributed by atoms with Gasteiger partial charge in [0, 0.05) is 26.2 Å². The lowest BCUT2D eigenvalue weighted by molar-refractivity contribution is -0.153. The molecule has 5 rings (SSSR count). The number of fused-ring (bicyclic) bond motifs is 3. The van der Waals surface area contributed by atoms with Gasteiger partial charge in [-0.15, -0.1) is 0 Å². The van der Waals surface area contributed by atoms with Crippen LogP contribution in [-0.2, 0) is 20.8 Å². The Morgan fingerprint density at radius 1 is 1.08 bits per heavy atom. The molecule has 4 atom stereocenters. The lowest BCUT2D eigenvalue weighted by Gasteiger charge is -2.50. The number of nitrogens with zero attached hydrogens (tertiary/aromatic N) is 1. The van der Waals surface area contributed by atoms with Crippen LogP contribution in [0.1, 0.15) is 28.7 Å². The maximum Gasteiger partial charge on any atom is 0.255 e. The molecule has 3 aliphatic rings. The van der Waals surface area contributed by atoms with E-state index in [9.17, 15) is 34.8 Å². The van der Waals surface area contributed by atoms with E-state index in [2.05, 4.69) is 34.4 Å². The molecule has 0 radical (unpaired) electrons. The normalized spacial score (nSPS) is 26.0. The van der Waals surface area contributed by atoms with E-state index in [4.69, 9.17) is 5.73 Å². The van der Waals surface area contributed by atoms with E-state index in [0.717, 1.165) is 9.13 Å². The Kier molecular flexibility index (Phi) is 6.57. The highest BCUT2D eigenvalue weighted by Crippen LogP contribution is 2.52. The molecule has 6 N–H and O–H groups in total. The van der Waals surface area contributed by atoms with Gasteiger partial charge in [0.1, 0.15) is 22.8 Å². The molecule has 0 aromatic heterocycles. The predicted molar refractivity (Wildman–Crippen MR) is 149 cm³/mol. The molecule has 2 aromatic carbocycles. The number of aromatic hydroxyl groups is 1. The van der Waals surface area contributed by atoms with Crippen LogP contribution in [0.15, 0.2) is 53.3 Å². The van der Waals surface area contributed by atoms with Gasteiger partial charge in [0.2, 0.25) is 5.78 Å². The first-order valence-corrected chi connectivity index (χ1v) is 13.2. The summed E-state index contributed by atoms with van der Waals surface area (Å²) in [5.41, 5.74) is 3.51. The number of aliphatic hydroxyl groups is 3. The average Bonchev–Trinajstić information content (AvgIpc) is 2.86. The molecule has 0 aliphatic heterocycles. The molecular formula is C29H25IN2O7. The number of rotatable bonds is 2. The second-order valence-corrected chi connectivity index (χ2v) is 11.4. The van der Waals surface area contributed by atoms with E-state index in [1.165, 1.54) is 11.0 Å². The summed E-state index contributed by atoms with van der Waals surface area (Å²) in [6.45, 7) is 0. The van der Waals surface area contributed by atoms with Crippen LogP contribution in [0.25, 0.3) is 5.76 Å². The Labute approximate surface area is 237 Å². The largest absolute Gasteiger partial charge is 0.508 e. The standard InChI is InChI=1S/C29H25IN2O7/c1-32(2)23-18-12-15-11-17-14(6-3-13-4-8-16(30)9-5-13)7-10-19(33)21(17)24(34)20(15)26(36)29(18,39)27(37)22(25(23)35)28(31)38/h4-5,7-10,15,18,23,33-34,37,39H,11-12H2,1-2H3,(H2,31,38)/t15-,18-,23-,29-/m0/s1. The SMILES string of the molecule is CN(C)[C@@H]1C(=O)C(C(N)=O)=C(O)[C@@]2(O)C(=O)C3=C(O)c4c(O)ccc(C#Cc5ccc(I)cc5)c4C[C@H]3C[C@@H]12. The number of phenols is 1. The van der Waals surface area contributed by atoms with Gasteiger partial charge in [-0.25, -0.2) is 0 Å². The number of aliphatic hydroxyl groups excluding tert-OH is 2. The minimum Gasteiger partial charge on any atom is -0.508 e. The van der Waals surface area contributed by atoms with Crippen LogP contribution in [0.3, 0.4) is 0 Å². The summed E-state index contributed by atoms with van der Waals surface area (Å²) < 4.78 is 1.06. The van der Waals surface area contributed by atoms with Gasteiger partial charge < -0.3 is 26.2 Å². The van der Waals surface area contributed by atoms with Gasteiger partial charge in [0.25, 0.3) is 5.91 Å². The van der Waals surface area contributed by atoms with E-state index >= 15 is 0 Å². The van der Waals surface area contributed by atoms with Crippen molar-refractivity contribution in [1.29, 1.82) is 0 Å². The van der Waals surface area contributed by atoms with Gasteiger partial charge in [-0.05, 0) is 97.4 Å². The van der Waals surface area contributed by atoms with E-state index in [1.54, 1.807) is 20.2 Å². The monoisotopic (exact) mass is 640 g/mol. The maximum atomic E-state index is 13.9. The van der Waals surface area contributed by atoms with Crippen molar-refractivity contribution in [2.24, 2.45) is 17.6 Å². The van der Waals surface area contributed by atoms with Gasteiger partial charge >= 0.3 is 0 Å². The van der Waals surface area contributed by atoms with Crippen LogP contribution < -0.4 is 5.73 Å². The van der Waals surface area contributed by atoms with Gasteiger partial charge in [0.05, 0.1) is 11.6 Å². The minimum atomic E-state index is -2.66. The molecule has 3 aliphatic carbocycles. The lowest BCUT2D eigenvalue weighted by Crippen LogP contribution is -2.65. The zero-order chi connectivity index (χ0) is 28.4. The molecule has 10 heteroatoms. The molecular weight excluding hydrogens is 615 g/mol. The second-order valence-electron chi connectivity index (χ2n) is 10.2. The number of carbonyl (C=O) groups is 3. The number of halogens is 1. The highest BCUT2D eigenvalue weighted by Gasteiger charge is 2.64. The number of Topliss-reactive ketones (excluding diaryl/α,β-unsaturated/α-hetero) is 2. The Balaban J connectivity index is 1.68. The average molecular weight is 640 g/mol. The molecule has 1 amide bonds.